The lowest BCUT2D eigenvalue weighted by molar-refractivity contribution is 0.402. The van der Waals surface area contributed by atoms with Crippen molar-refractivity contribution in [2.24, 2.45) is 0 Å². The van der Waals surface area contributed by atoms with Crippen LogP contribution >= 0.6 is 22.3 Å². The molecule has 0 bridgehead atoms. The topological polar surface area (TPSA) is 89.5 Å². The lowest BCUT2D eigenvalue weighted by atomic mass is 10.2. The quantitative estimate of drug-likeness (QED) is 0.764. The molecule has 0 aliphatic heterocycles. The Balaban J connectivity index is 2.52. The third kappa shape index (κ3) is 3.94. The zero-order chi connectivity index (χ0) is 18.1. The fraction of sp³-hybridized carbons (Fsp3) is 0.143. The van der Waals surface area contributed by atoms with Crippen LogP contribution in [0.4, 0.5) is 5.69 Å². The molecule has 10 heteroatoms. The van der Waals surface area contributed by atoms with E-state index in [1.165, 1.54) is 19.2 Å². The Bertz CT molecular complexity index is 988. The number of sulfonamides is 1. The Labute approximate surface area is 149 Å². The minimum absolute atomic E-state index is 0.0529. The predicted octanol–water partition coefficient (Wildman–Crippen LogP) is 3.39. The van der Waals surface area contributed by atoms with Crippen LogP contribution in [0.15, 0.2) is 46.2 Å². The van der Waals surface area contributed by atoms with Gasteiger partial charge in [-0.1, -0.05) is 17.7 Å². The van der Waals surface area contributed by atoms with Crippen LogP contribution in [0.2, 0.25) is 5.02 Å². The van der Waals surface area contributed by atoms with E-state index in [0.717, 1.165) is 6.07 Å². The van der Waals surface area contributed by atoms with Crippen molar-refractivity contribution in [1.29, 1.82) is 0 Å². The van der Waals surface area contributed by atoms with Crippen molar-refractivity contribution in [2.75, 3.05) is 11.8 Å². The Morgan fingerprint density at radius 1 is 1.08 bits per heavy atom. The Morgan fingerprint density at radius 2 is 1.75 bits per heavy atom. The highest BCUT2D eigenvalue weighted by molar-refractivity contribution is 8.13. The molecule has 6 nitrogen and oxygen atoms in total. The summed E-state index contributed by atoms with van der Waals surface area (Å²) >= 11 is 5.97. The minimum Gasteiger partial charge on any atom is -0.495 e. The van der Waals surface area contributed by atoms with Crippen LogP contribution in [0.3, 0.4) is 0 Å². The van der Waals surface area contributed by atoms with Crippen molar-refractivity contribution in [1.82, 2.24) is 0 Å². The smallest absolute Gasteiger partial charge is 0.265 e. The number of rotatable bonds is 5. The van der Waals surface area contributed by atoms with Gasteiger partial charge in [-0.3, -0.25) is 4.72 Å². The van der Waals surface area contributed by atoms with E-state index < -0.39 is 24.0 Å². The molecule has 24 heavy (non-hydrogen) atoms. The van der Waals surface area contributed by atoms with Gasteiger partial charge < -0.3 is 4.74 Å². The normalized spacial score (nSPS) is 12.0. The van der Waals surface area contributed by atoms with E-state index in [2.05, 4.69) is 4.72 Å². The molecule has 0 saturated carbocycles. The summed E-state index contributed by atoms with van der Waals surface area (Å²) in [6.45, 7) is 1.66. The van der Waals surface area contributed by atoms with Crippen molar-refractivity contribution in [2.45, 2.75) is 16.7 Å². The first-order chi connectivity index (χ1) is 11.1. The highest BCUT2D eigenvalue weighted by Gasteiger charge is 2.23. The van der Waals surface area contributed by atoms with Crippen LogP contribution in [0, 0.1) is 6.92 Å². The number of hydrogen-bond acceptors (Lipinski definition) is 5. The number of nitrogens with one attached hydrogen (secondary N) is 1. The van der Waals surface area contributed by atoms with Crippen molar-refractivity contribution in [3.63, 3.8) is 0 Å². The van der Waals surface area contributed by atoms with E-state index in [4.69, 9.17) is 27.0 Å². The molecule has 2 aromatic rings. The monoisotopic (exact) mass is 409 g/mol. The largest absolute Gasteiger partial charge is 0.495 e. The van der Waals surface area contributed by atoms with Gasteiger partial charge in [0, 0.05) is 15.7 Å². The van der Waals surface area contributed by atoms with Gasteiger partial charge in [-0.15, -0.1) is 0 Å². The molecule has 2 aromatic carbocycles. The maximum absolute atomic E-state index is 12.5. The third-order valence-electron chi connectivity index (χ3n) is 3.22. The van der Waals surface area contributed by atoms with Gasteiger partial charge >= 0.3 is 0 Å². The zero-order valence-corrected chi connectivity index (χ0v) is 15.7. The predicted molar refractivity (Wildman–Crippen MR) is 93.0 cm³/mol. The molecule has 130 valence electrons. The summed E-state index contributed by atoms with van der Waals surface area (Å²) < 4.78 is 55.5. The van der Waals surface area contributed by atoms with Gasteiger partial charge in [0.2, 0.25) is 0 Å². The number of ether oxygens (including phenoxy) is 1. The maximum Gasteiger partial charge on any atom is 0.265 e. The van der Waals surface area contributed by atoms with Crippen LogP contribution in [0.1, 0.15) is 5.56 Å². The summed E-state index contributed by atoms with van der Waals surface area (Å²) in [5, 5.41) is 0.397. The van der Waals surface area contributed by atoms with Gasteiger partial charge in [-0.25, -0.2) is 16.8 Å². The summed E-state index contributed by atoms with van der Waals surface area (Å²) in [6.07, 6.45) is 0. The first-order valence-electron chi connectivity index (χ1n) is 6.47. The van der Waals surface area contributed by atoms with Crippen LogP contribution < -0.4 is 9.46 Å². The van der Waals surface area contributed by atoms with E-state index >= 15 is 0 Å². The molecule has 0 aromatic heterocycles. The Kier molecular flexibility index (Phi) is 5.34. The highest BCUT2D eigenvalue weighted by atomic mass is 35.7. The lowest BCUT2D eigenvalue weighted by Gasteiger charge is -2.13. The first kappa shape index (κ1) is 18.9. The molecular weight excluding hydrogens is 397 g/mol. The summed E-state index contributed by atoms with van der Waals surface area (Å²) in [7, 11) is -1.65. The first-order valence-corrected chi connectivity index (χ1v) is 10.6. The standard InChI is InChI=1S/C14H13Cl2NO5S2/c1-9-11(15)4-3-5-12(9)17-24(20,21)10-6-7-13(22-2)14(8-10)23(16,18)19/h3-8,17H,1-2H3. The average molecular weight is 410 g/mol. The Morgan fingerprint density at radius 3 is 2.33 bits per heavy atom. The summed E-state index contributed by atoms with van der Waals surface area (Å²) in [4.78, 5) is -0.709. The van der Waals surface area contributed by atoms with Gasteiger partial charge in [-0.05, 0) is 42.8 Å². The highest BCUT2D eigenvalue weighted by Crippen LogP contribution is 2.31. The van der Waals surface area contributed by atoms with E-state index in [1.807, 2.05) is 0 Å². The fourth-order valence-corrected chi connectivity index (χ4v) is 4.36. The summed E-state index contributed by atoms with van der Waals surface area (Å²) in [5.74, 6) is -0.0529. The van der Waals surface area contributed by atoms with E-state index in [0.29, 0.717) is 10.6 Å². The SMILES string of the molecule is COc1ccc(S(=O)(=O)Nc2cccc(Cl)c2C)cc1S(=O)(=O)Cl. The van der Waals surface area contributed by atoms with Gasteiger partial charge in [0.05, 0.1) is 17.7 Å². The number of halogens is 2. The molecule has 0 atom stereocenters. The summed E-state index contributed by atoms with van der Waals surface area (Å²) in [5.41, 5.74) is 0.829. The molecule has 1 N–H and O–H groups in total. The van der Waals surface area contributed by atoms with Crippen LogP contribution in [0.25, 0.3) is 0 Å². The Hall–Kier alpha value is -1.48. The number of methoxy groups -OCH3 is 1. The third-order valence-corrected chi connectivity index (χ3v) is 6.34. The molecule has 0 saturated heterocycles. The second-order valence-corrected chi connectivity index (χ2v) is 9.39. The van der Waals surface area contributed by atoms with Crippen LogP contribution in [-0.4, -0.2) is 23.9 Å². The fourth-order valence-electron chi connectivity index (χ4n) is 1.94. The van der Waals surface area contributed by atoms with Gasteiger partial charge in [0.15, 0.2) is 0 Å². The second-order valence-electron chi connectivity index (χ2n) is 4.77. The van der Waals surface area contributed by atoms with Crippen LogP contribution in [-0.2, 0) is 19.1 Å². The molecule has 0 fully saturated rings. The average Bonchev–Trinajstić information content (AvgIpc) is 2.50. The lowest BCUT2D eigenvalue weighted by Crippen LogP contribution is -2.14. The molecule has 0 amide bonds. The molecule has 0 aliphatic carbocycles. The van der Waals surface area contributed by atoms with Crippen LogP contribution in [0.5, 0.6) is 5.75 Å². The van der Waals surface area contributed by atoms with Crippen molar-refractivity contribution in [3.05, 3.63) is 47.0 Å². The molecule has 0 aliphatic rings. The molecule has 0 unspecified atom stereocenters. The maximum atomic E-state index is 12.5. The van der Waals surface area contributed by atoms with Gasteiger partial charge in [0.1, 0.15) is 10.6 Å². The molecule has 0 heterocycles. The molecule has 0 spiro atoms. The van der Waals surface area contributed by atoms with E-state index in [-0.39, 0.29) is 16.3 Å². The van der Waals surface area contributed by atoms with Crippen molar-refractivity contribution >= 4 is 47.0 Å². The van der Waals surface area contributed by atoms with Crippen molar-refractivity contribution < 1.29 is 21.6 Å². The molecule has 2 rings (SSSR count). The number of hydrogen-bond donors (Lipinski definition) is 1. The van der Waals surface area contributed by atoms with Crippen molar-refractivity contribution in [3.8, 4) is 5.75 Å². The van der Waals surface area contributed by atoms with Gasteiger partial charge in [0.25, 0.3) is 19.1 Å². The molecule has 0 radical (unpaired) electrons. The number of benzene rings is 2. The summed E-state index contributed by atoms with van der Waals surface area (Å²) in [6, 6.07) is 8.13. The second kappa shape index (κ2) is 6.79. The molecular formula is C14H13Cl2NO5S2. The van der Waals surface area contributed by atoms with E-state index in [9.17, 15) is 16.8 Å². The van der Waals surface area contributed by atoms with Gasteiger partial charge in [-0.2, -0.15) is 0 Å². The zero-order valence-electron chi connectivity index (χ0n) is 12.6. The minimum atomic E-state index is -4.18. The van der Waals surface area contributed by atoms with E-state index in [1.54, 1.807) is 25.1 Å². The number of anilines is 1.